The minimum absolute atomic E-state index is 0.300. The number of hydrogen-bond donors (Lipinski definition) is 2. The van der Waals surface area contributed by atoms with Crippen molar-refractivity contribution in [2.45, 2.75) is 86.3 Å². The molecule has 0 fully saturated rings. The summed E-state index contributed by atoms with van der Waals surface area (Å²) in [6.45, 7) is 14.6. The maximum Gasteiger partial charge on any atom is 0.213 e. The molecule has 2 aromatic rings. The Morgan fingerprint density at radius 3 is 2.28 bits per heavy atom. The van der Waals surface area contributed by atoms with E-state index in [4.69, 9.17) is 14.9 Å². The van der Waals surface area contributed by atoms with Crippen molar-refractivity contribution in [2.24, 2.45) is 5.41 Å². The Hall–Kier alpha value is -2.55. The number of fused-ring (bicyclic) bond motifs is 3. The number of aliphatic hydroxyl groups is 2. The molecule has 1 aliphatic carbocycles. The molecule has 0 radical (unpaired) electrons. The molecule has 2 heterocycles. The van der Waals surface area contributed by atoms with Crippen LogP contribution in [0.15, 0.2) is 18.3 Å². The molecule has 1 aromatic heterocycles. The fraction of sp³-hybridized carbons (Fsp3) is 0.548. The molecule has 4 rings (SSSR count). The highest BCUT2D eigenvalue weighted by Gasteiger charge is 2.33. The van der Waals surface area contributed by atoms with Crippen molar-refractivity contribution in [1.29, 1.82) is 0 Å². The van der Waals surface area contributed by atoms with Crippen molar-refractivity contribution in [1.82, 2.24) is 4.98 Å². The zero-order valence-corrected chi connectivity index (χ0v) is 26.1. The molecule has 1 aliphatic heterocycles. The SMILES string of the molecule is CC(C)(C)O.CO.COc1cc2c(cn1)-c1c(C)c(C3=CCC(C)(C)CC3)c(CC=O)c(C)c1N(S(C)=O)C2. The van der Waals surface area contributed by atoms with E-state index in [1.165, 1.54) is 11.1 Å². The number of aromatic nitrogens is 1. The van der Waals surface area contributed by atoms with E-state index in [1.54, 1.807) is 34.1 Å². The van der Waals surface area contributed by atoms with E-state index in [-0.39, 0.29) is 0 Å². The highest BCUT2D eigenvalue weighted by molar-refractivity contribution is 7.85. The maximum atomic E-state index is 12.8. The molecule has 39 heavy (non-hydrogen) atoms. The summed E-state index contributed by atoms with van der Waals surface area (Å²) < 4.78 is 20.1. The minimum Gasteiger partial charge on any atom is -0.481 e. The zero-order valence-electron chi connectivity index (χ0n) is 25.3. The number of carbonyl (C=O) groups excluding carboxylic acids is 1. The second-order valence-electron chi connectivity index (χ2n) is 11.8. The molecule has 0 saturated heterocycles. The molecule has 2 N–H and O–H groups in total. The van der Waals surface area contributed by atoms with Crippen molar-refractivity contribution in [3.63, 3.8) is 0 Å². The average molecular weight is 559 g/mol. The molecule has 216 valence electrons. The number of benzene rings is 1. The standard InChI is InChI=1S/C26H32N2O3S.C4H10O.CH4O/c1-16-20(9-12-29)23(18-7-10-26(3,4)11-8-18)17(2)24-21-14-27-22(31-5)13-19(21)15-28(25(16)24)32(6)30;1-4(2,3)5;1-2/h7,12-14H,8-11,15H2,1-6H3;5H,1-3H3;2H,1H3. The fourth-order valence-electron chi connectivity index (χ4n) is 5.16. The van der Waals surface area contributed by atoms with Gasteiger partial charge in [-0.05, 0) is 92.7 Å². The largest absolute Gasteiger partial charge is 0.481 e. The third-order valence-corrected chi connectivity index (χ3v) is 7.93. The number of aliphatic hydroxyl groups excluding tert-OH is 1. The number of anilines is 1. The molecule has 8 heteroatoms. The molecule has 1 atom stereocenters. The number of hydrogen-bond acceptors (Lipinski definition) is 6. The van der Waals surface area contributed by atoms with Gasteiger partial charge in [-0.15, -0.1) is 0 Å². The van der Waals surface area contributed by atoms with Crippen molar-refractivity contribution in [3.05, 3.63) is 46.2 Å². The van der Waals surface area contributed by atoms with Gasteiger partial charge in [-0.2, -0.15) is 0 Å². The van der Waals surface area contributed by atoms with E-state index >= 15 is 0 Å². The lowest BCUT2D eigenvalue weighted by Gasteiger charge is -2.36. The highest BCUT2D eigenvalue weighted by Crippen LogP contribution is 2.50. The van der Waals surface area contributed by atoms with Gasteiger partial charge in [0.1, 0.15) is 17.3 Å². The topological polar surface area (TPSA) is 100.0 Å². The van der Waals surface area contributed by atoms with Crippen LogP contribution >= 0.6 is 0 Å². The quantitative estimate of drug-likeness (QED) is 0.456. The molecule has 0 bridgehead atoms. The van der Waals surface area contributed by atoms with Gasteiger partial charge >= 0.3 is 0 Å². The van der Waals surface area contributed by atoms with Gasteiger partial charge in [0.15, 0.2) is 0 Å². The van der Waals surface area contributed by atoms with Gasteiger partial charge < -0.3 is 19.7 Å². The van der Waals surface area contributed by atoms with E-state index in [1.807, 2.05) is 16.6 Å². The average Bonchev–Trinajstić information content (AvgIpc) is 2.86. The van der Waals surface area contributed by atoms with Gasteiger partial charge in [-0.25, -0.2) is 9.19 Å². The van der Waals surface area contributed by atoms with Gasteiger partial charge in [0, 0.05) is 43.2 Å². The van der Waals surface area contributed by atoms with Crippen LogP contribution in [0.3, 0.4) is 0 Å². The molecular formula is C31H46N2O5S. The second kappa shape index (κ2) is 13.2. The smallest absolute Gasteiger partial charge is 0.213 e. The van der Waals surface area contributed by atoms with Gasteiger partial charge in [0.2, 0.25) is 5.88 Å². The summed E-state index contributed by atoms with van der Waals surface area (Å²) in [5, 5.41) is 15.5. The van der Waals surface area contributed by atoms with E-state index in [9.17, 15) is 9.00 Å². The van der Waals surface area contributed by atoms with Crippen LogP contribution in [0.5, 0.6) is 5.88 Å². The van der Waals surface area contributed by atoms with Crippen LogP contribution in [0.4, 0.5) is 5.69 Å². The lowest BCUT2D eigenvalue weighted by Crippen LogP contribution is -2.30. The van der Waals surface area contributed by atoms with Crippen molar-refractivity contribution >= 4 is 28.5 Å². The number of aldehydes is 1. The number of methoxy groups -OCH3 is 1. The van der Waals surface area contributed by atoms with Crippen LogP contribution in [0, 0.1) is 19.3 Å². The van der Waals surface area contributed by atoms with Gasteiger partial charge in [0.05, 0.1) is 24.9 Å². The Kier molecular flexibility index (Phi) is 11.1. The van der Waals surface area contributed by atoms with Crippen LogP contribution in [0.1, 0.15) is 81.7 Å². The zero-order chi connectivity index (χ0) is 29.7. The predicted octanol–water partition coefficient (Wildman–Crippen LogP) is 5.71. The summed E-state index contributed by atoms with van der Waals surface area (Å²) in [6, 6.07) is 1.94. The van der Waals surface area contributed by atoms with E-state index in [0.717, 1.165) is 71.7 Å². The summed E-state index contributed by atoms with van der Waals surface area (Å²) in [5.74, 6) is 0.554. The third-order valence-electron chi connectivity index (χ3n) is 6.99. The summed E-state index contributed by atoms with van der Waals surface area (Å²) in [7, 11) is 1.40. The Balaban J connectivity index is 0.000000686. The Bertz CT molecular complexity index is 1240. The maximum absolute atomic E-state index is 12.8. The monoisotopic (exact) mass is 558 g/mol. The first-order chi connectivity index (χ1) is 18.2. The molecule has 0 spiro atoms. The van der Waals surface area contributed by atoms with Gasteiger partial charge in [-0.1, -0.05) is 19.9 Å². The van der Waals surface area contributed by atoms with Crippen molar-refractivity contribution < 1.29 is 24.0 Å². The van der Waals surface area contributed by atoms with E-state index < -0.39 is 16.6 Å². The highest BCUT2D eigenvalue weighted by atomic mass is 32.2. The molecule has 1 unspecified atom stereocenters. The molecule has 0 amide bonds. The Morgan fingerprint density at radius 1 is 1.18 bits per heavy atom. The number of rotatable bonds is 5. The fourth-order valence-corrected chi connectivity index (χ4v) is 5.97. The van der Waals surface area contributed by atoms with Crippen LogP contribution in [-0.4, -0.2) is 51.8 Å². The second-order valence-corrected chi connectivity index (χ2v) is 13.1. The van der Waals surface area contributed by atoms with Crippen LogP contribution in [0.25, 0.3) is 16.7 Å². The summed E-state index contributed by atoms with van der Waals surface area (Å²) in [4.78, 5) is 16.2. The van der Waals surface area contributed by atoms with E-state index in [0.29, 0.717) is 24.3 Å². The molecule has 1 aromatic carbocycles. The third kappa shape index (κ3) is 7.77. The molecule has 0 saturated carbocycles. The van der Waals surface area contributed by atoms with Crippen molar-refractivity contribution in [3.8, 4) is 17.0 Å². The molecule has 7 nitrogen and oxygen atoms in total. The van der Waals surface area contributed by atoms with Crippen LogP contribution in [0.2, 0.25) is 0 Å². The first-order valence-electron chi connectivity index (χ1n) is 13.3. The van der Waals surface area contributed by atoms with Crippen LogP contribution < -0.4 is 9.04 Å². The summed E-state index contributed by atoms with van der Waals surface area (Å²) in [6.07, 6.45) is 10.4. The molecular weight excluding hydrogens is 512 g/mol. The van der Waals surface area contributed by atoms with Gasteiger partial charge in [0.25, 0.3) is 0 Å². The first kappa shape index (κ1) is 32.7. The normalized spacial score (nSPS) is 16.3. The lowest BCUT2D eigenvalue weighted by atomic mass is 9.74. The predicted molar refractivity (Wildman–Crippen MR) is 161 cm³/mol. The van der Waals surface area contributed by atoms with Gasteiger partial charge in [-0.3, -0.25) is 4.31 Å². The number of nitrogens with zero attached hydrogens (tertiary/aromatic N) is 2. The minimum atomic E-state index is -1.21. The number of allylic oxidation sites excluding steroid dienone is 2. The summed E-state index contributed by atoms with van der Waals surface area (Å²) >= 11 is 0. The van der Waals surface area contributed by atoms with Crippen molar-refractivity contribution in [2.75, 3.05) is 24.8 Å². The lowest BCUT2D eigenvalue weighted by molar-refractivity contribution is -0.107. The number of carbonyl (C=O) groups is 1. The Morgan fingerprint density at radius 2 is 1.79 bits per heavy atom. The molecule has 2 aliphatic rings. The number of ether oxygens (including phenoxy) is 1. The van der Waals surface area contributed by atoms with E-state index in [2.05, 4.69) is 38.8 Å². The van der Waals surface area contributed by atoms with Crippen LogP contribution in [-0.2, 0) is 28.7 Å². The Labute approximate surface area is 236 Å². The first-order valence-corrected chi connectivity index (χ1v) is 14.8. The number of pyridine rings is 1. The summed E-state index contributed by atoms with van der Waals surface area (Å²) in [5.41, 5.74) is 9.68.